The van der Waals surface area contributed by atoms with Gasteiger partial charge in [0.2, 0.25) is 0 Å². The minimum Gasteiger partial charge on any atom is -0.345 e. The average Bonchev–Trinajstić information content (AvgIpc) is 2.75. The van der Waals surface area contributed by atoms with E-state index in [0.717, 1.165) is 0 Å². The molecule has 0 aliphatic heterocycles. The lowest BCUT2D eigenvalue weighted by molar-refractivity contribution is 1.21. The third-order valence-corrected chi connectivity index (χ3v) is 4.66. The fourth-order valence-electron chi connectivity index (χ4n) is 3.20. The van der Waals surface area contributed by atoms with Crippen LogP contribution in [0.1, 0.15) is 0 Å². The van der Waals surface area contributed by atoms with Crippen molar-refractivity contribution >= 4 is 11.4 Å². The van der Waals surface area contributed by atoms with Gasteiger partial charge in [0.05, 0.1) is 0 Å². The summed E-state index contributed by atoms with van der Waals surface area (Å²) in [4.78, 5) is 2.24. The summed E-state index contributed by atoms with van der Waals surface area (Å²) in [6.45, 7) is 0. The van der Waals surface area contributed by atoms with Gasteiger partial charge in [0.1, 0.15) is 0 Å². The maximum atomic E-state index is 2.27. The highest BCUT2D eigenvalue weighted by Gasteiger charge is 2.09. The van der Waals surface area contributed by atoms with Crippen LogP contribution in [0, 0.1) is 0 Å². The fraction of sp³-hybridized carbons (Fsp3) is 0.0400. The summed E-state index contributed by atoms with van der Waals surface area (Å²) in [6, 6.07) is 38.4. The van der Waals surface area contributed by atoms with E-state index in [0.29, 0.717) is 0 Å². The second-order valence-corrected chi connectivity index (χ2v) is 6.40. The minimum atomic E-state index is 1.18. The molecule has 0 heterocycles. The second kappa shape index (κ2) is 7.28. The third kappa shape index (κ3) is 3.38. The summed E-state index contributed by atoms with van der Waals surface area (Å²) in [5.41, 5.74) is 7.27. The lowest BCUT2D eigenvalue weighted by Gasteiger charge is -2.22. The molecule has 0 spiro atoms. The van der Waals surface area contributed by atoms with Gasteiger partial charge in [0, 0.05) is 18.4 Å². The molecule has 0 aromatic heterocycles. The number of hydrogen-bond donors (Lipinski definition) is 0. The van der Waals surface area contributed by atoms with Crippen LogP contribution in [0.2, 0.25) is 0 Å². The van der Waals surface area contributed by atoms with Gasteiger partial charge < -0.3 is 4.90 Å². The van der Waals surface area contributed by atoms with E-state index in [1.807, 2.05) is 6.07 Å². The first-order valence-corrected chi connectivity index (χ1v) is 8.86. The monoisotopic (exact) mass is 335 g/mol. The van der Waals surface area contributed by atoms with Crippen molar-refractivity contribution in [2.45, 2.75) is 0 Å². The lowest BCUT2D eigenvalue weighted by Crippen LogP contribution is -2.09. The first-order chi connectivity index (χ1) is 12.8. The van der Waals surface area contributed by atoms with E-state index in [2.05, 4.69) is 115 Å². The van der Waals surface area contributed by atoms with Crippen molar-refractivity contribution in [2.24, 2.45) is 0 Å². The lowest BCUT2D eigenvalue weighted by atomic mass is 9.97. The van der Waals surface area contributed by atoms with Gasteiger partial charge in [-0.15, -0.1) is 0 Å². The van der Waals surface area contributed by atoms with Crippen LogP contribution in [0.5, 0.6) is 0 Å². The molecule has 126 valence electrons. The largest absolute Gasteiger partial charge is 0.345 e. The van der Waals surface area contributed by atoms with Gasteiger partial charge in [-0.25, -0.2) is 0 Å². The molecule has 0 N–H and O–H groups in total. The maximum absolute atomic E-state index is 2.27. The Morgan fingerprint density at radius 1 is 0.423 bits per heavy atom. The molecule has 0 aliphatic rings. The van der Waals surface area contributed by atoms with Gasteiger partial charge >= 0.3 is 0 Å². The highest BCUT2D eigenvalue weighted by atomic mass is 15.1. The Kier molecular flexibility index (Phi) is 4.53. The van der Waals surface area contributed by atoms with Gasteiger partial charge in [0.25, 0.3) is 0 Å². The summed E-state index contributed by atoms with van der Waals surface area (Å²) < 4.78 is 0. The first-order valence-electron chi connectivity index (χ1n) is 8.86. The predicted octanol–water partition coefficient (Wildman–Crippen LogP) is 6.79. The Hall–Kier alpha value is -3.32. The van der Waals surface area contributed by atoms with E-state index in [4.69, 9.17) is 0 Å². The van der Waals surface area contributed by atoms with Crippen LogP contribution >= 0.6 is 0 Å². The highest BCUT2D eigenvalue weighted by molar-refractivity contribution is 5.80. The maximum Gasteiger partial charge on any atom is 0.0420 e. The van der Waals surface area contributed by atoms with Crippen LogP contribution in [0.3, 0.4) is 0 Å². The van der Waals surface area contributed by atoms with E-state index < -0.39 is 0 Å². The van der Waals surface area contributed by atoms with Crippen LogP contribution in [0.4, 0.5) is 11.4 Å². The number of hydrogen-bond acceptors (Lipinski definition) is 1. The summed E-state index contributed by atoms with van der Waals surface area (Å²) in [5, 5.41) is 0. The van der Waals surface area contributed by atoms with E-state index >= 15 is 0 Å². The standard InChI is InChI=1S/C25H21N/c1-26(24-15-9-4-10-16-24)25-18-22(20-11-5-2-6-12-20)17-23(19-25)21-13-7-3-8-14-21/h2-19H,1H3. The second-order valence-electron chi connectivity index (χ2n) is 6.40. The van der Waals surface area contributed by atoms with Crippen molar-refractivity contribution in [3.05, 3.63) is 109 Å². The Morgan fingerprint density at radius 3 is 1.31 bits per heavy atom. The van der Waals surface area contributed by atoms with Gasteiger partial charge in [-0.05, 0) is 52.6 Å². The van der Waals surface area contributed by atoms with E-state index in [1.165, 1.54) is 33.6 Å². The van der Waals surface area contributed by atoms with Crippen molar-refractivity contribution in [2.75, 3.05) is 11.9 Å². The van der Waals surface area contributed by atoms with Crippen molar-refractivity contribution < 1.29 is 0 Å². The van der Waals surface area contributed by atoms with Crippen LogP contribution < -0.4 is 4.90 Å². The molecular formula is C25H21N. The molecule has 0 unspecified atom stereocenters. The normalized spacial score (nSPS) is 10.5. The summed E-state index contributed by atoms with van der Waals surface area (Å²) in [5.74, 6) is 0. The number of anilines is 2. The van der Waals surface area contributed by atoms with E-state index in [9.17, 15) is 0 Å². The molecule has 4 rings (SSSR count). The van der Waals surface area contributed by atoms with Crippen molar-refractivity contribution in [1.29, 1.82) is 0 Å². The predicted molar refractivity (Wildman–Crippen MR) is 112 cm³/mol. The quantitative estimate of drug-likeness (QED) is 0.397. The molecule has 1 nitrogen and oxygen atoms in total. The average molecular weight is 335 g/mol. The smallest absolute Gasteiger partial charge is 0.0420 e. The van der Waals surface area contributed by atoms with Crippen LogP contribution in [-0.4, -0.2) is 7.05 Å². The Balaban J connectivity index is 1.86. The topological polar surface area (TPSA) is 3.24 Å². The number of para-hydroxylation sites is 1. The molecule has 0 bridgehead atoms. The summed E-state index contributed by atoms with van der Waals surface area (Å²) >= 11 is 0. The van der Waals surface area contributed by atoms with Crippen molar-refractivity contribution in [3.8, 4) is 22.3 Å². The summed E-state index contributed by atoms with van der Waals surface area (Å²) in [6.07, 6.45) is 0. The number of rotatable bonds is 4. The molecule has 0 saturated heterocycles. The van der Waals surface area contributed by atoms with Gasteiger partial charge in [-0.2, -0.15) is 0 Å². The Labute approximate surface area is 155 Å². The number of nitrogens with zero attached hydrogens (tertiary/aromatic N) is 1. The molecule has 26 heavy (non-hydrogen) atoms. The molecule has 0 fully saturated rings. The molecule has 0 atom stereocenters. The zero-order chi connectivity index (χ0) is 17.8. The third-order valence-electron chi connectivity index (χ3n) is 4.66. The van der Waals surface area contributed by atoms with Crippen molar-refractivity contribution in [1.82, 2.24) is 0 Å². The Bertz CT molecular complexity index is 919. The first kappa shape index (κ1) is 16.2. The van der Waals surface area contributed by atoms with Gasteiger partial charge in [0.15, 0.2) is 0 Å². The fourth-order valence-corrected chi connectivity index (χ4v) is 3.20. The molecule has 4 aromatic carbocycles. The zero-order valence-corrected chi connectivity index (χ0v) is 14.8. The van der Waals surface area contributed by atoms with Crippen LogP contribution in [0.15, 0.2) is 109 Å². The SMILES string of the molecule is CN(c1ccccc1)c1cc(-c2ccccc2)cc(-c2ccccc2)c1. The van der Waals surface area contributed by atoms with E-state index in [-0.39, 0.29) is 0 Å². The molecular weight excluding hydrogens is 314 g/mol. The van der Waals surface area contributed by atoms with E-state index in [1.54, 1.807) is 0 Å². The molecule has 1 heteroatoms. The minimum absolute atomic E-state index is 1.18. The van der Waals surface area contributed by atoms with Crippen molar-refractivity contribution in [3.63, 3.8) is 0 Å². The van der Waals surface area contributed by atoms with Crippen LogP contribution in [-0.2, 0) is 0 Å². The van der Waals surface area contributed by atoms with Gasteiger partial charge in [-0.3, -0.25) is 0 Å². The number of benzene rings is 4. The molecule has 0 radical (unpaired) electrons. The molecule has 4 aromatic rings. The van der Waals surface area contributed by atoms with Gasteiger partial charge in [-0.1, -0.05) is 78.9 Å². The molecule has 0 aliphatic carbocycles. The molecule has 0 amide bonds. The Morgan fingerprint density at radius 2 is 0.846 bits per heavy atom. The summed E-state index contributed by atoms with van der Waals surface area (Å²) in [7, 11) is 2.12. The zero-order valence-electron chi connectivity index (χ0n) is 14.8. The van der Waals surface area contributed by atoms with Crippen LogP contribution in [0.25, 0.3) is 22.3 Å². The highest BCUT2D eigenvalue weighted by Crippen LogP contribution is 2.34. The molecule has 0 saturated carbocycles.